The second-order valence-corrected chi connectivity index (χ2v) is 17.8. The summed E-state index contributed by atoms with van der Waals surface area (Å²) < 4.78 is 10.6. The molecule has 2 aliphatic carbocycles. The number of carbonyl (C=O) groups is 2. The van der Waals surface area contributed by atoms with Gasteiger partial charge in [-0.15, -0.1) is 0 Å². The maximum absolute atomic E-state index is 12.6. The van der Waals surface area contributed by atoms with Gasteiger partial charge in [-0.3, -0.25) is 9.59 Å². The third-order valence-corrected chi connectivity index (χ3v) is 11.9. The monoisotopic (exact) mass is 817 g/mol. The minimum absolute atomic E-state index is 0.422. The fourth-order valence-electron chi connectivity index (χ4n) is 8.11. The van der Waals surface area contributed by atoms with Gasteiger partial charge in [-0.1, -0.05) is 45.4 Å². The van der Waals surface area contributed by atoms with Crippen LogP contribution in [0.15, 0.2) is 69.7 Å². The summed E-state index contributed by atoms with van der Waals surface area (Å²) in [6.07, 6.45) is 4.81. The SMILES string of the molecule is CC(C)(O)c1ccc2c3cc(Br)cc(C(N)=O)c3n(CC3CC3)c2c1.Cc1noc(C)c1-c1cc(C(N)=O)c2c(c1)c1ccc(C(C)(C)O)cc1n2CC1CC1. The molecule has 2 fully saturated rings. The van der Waals surface area contributed by atoms with Gasteiger partial charge < -0.3 is 35.3 Å². The molecule has 4 aromatic carbocycles. The normalized spacial score (nSPS) is 14.9. The molecule has 0 atom stereocenters. The van der Waals surface area contributed by atoms with Gasteiger partial charge in [-0.25, -0.2) is 0 Å². The van der Waals surface area contributed by atoms with E-state index < -0.39 is 23.0 Å². The van der Waals surface area contributed by atoms with Gasteiger partial charge >= 0.3 is 0 Å². The number of primary amides is 2. The quantitative estimate of drug-likeness (QED) is 0.114. The van der Waals surface area contributed by atoms with Crippen molar-refractivity contribution in [1.82, 2.24) is 14.3 Å². The first kappa shape index (κ1) is 37.9. The van der Waals surface area contributed by atoms with Crippen LogP contribution in [0.2, 0.25) is 0 Å². The first-order valence-corrected chi connectivity index (χ1v) is 20.0. The second kappa shape index (κ2) is 13.6. The lowest BCUT2D eigenvalue weighted by atomic mass is 9.95. The van der Waals surface area contributed by atoms with Gasteiger partial charge in [0.1, 0.15) is 5.76 Å². The van der Waals surface area contributed by atoms with Crippen molar-refractivity contribution in [3.05, 3.63) is 98.8 Å². The fourth-order valence-corrected chi connectivity index (χ4v) is 8.56. The van der Waals surface area contributed by atoms with Crippen LogP contribution in [0.5, 0.6) is 0 Å². The van der Waals surface area contributed by atoms with E-state index in [1.165, 1.54) is 25.7 Å². The van der Waals surface area contributed by atoms with E-state index in [1.54, 1.807) is 33.8 Å². The van der Waals surface area contributed by atoms with Gasteiger partial charge in [0.25, 0.3) is 11.8 Å². The van der Waals surface area contributed by atoms with Crippen LogP contribution >= 0.6 is 15.9 Å². The number of aromatic nitrogens is 3. The largest absolute Gasteiger partial charge is 0.386 e. The molecule has 0 unspecified atom stereocenters. The molecule has 3 heterocycles. The first-order chi connectivity index (χ1) is 26.4. The number of aryl methyl sites for hydroxylation is 2. The van der Waals surface area contributed by atoms with Crippen molar-refractivity contribution < 1.29 is 24.3 Å². The fraction of sp³-hybridized carbons (Fsp3) is 0.356. The number of hydrogen-bond donors (Lipinski definition) is 4. The summed E-state index contributed by atoms with van der Waals surface area (Å²) in [5.74, 6) is 1.08. The number of amides is 2. The Bertz CT molecular complexity index is 2710. The van der Waals surface area contributed by atoms with Gasteiger partial charge in [0, 0.05) is 55.7 Å². The molecule has 56 heavy (non-hydrogen) atoms. The lowest BCUT2D eigenvalue weighted by Crippen LogP contribution is -2.15. The third-order valence-electron chi connectivity index (χ3n) is 11.4. The van der Waals surface area contributed by atoms with E-state index in [9.17, 15) is 19.8 Å². The summed E-state index contributed by atoms with van der Waals surface area (Å²) in [6.45, 7) is 12.6. The summed E-state index contributed by atoms with van der Waals surface area (Å²) in [5.41, 5.74) is 18.8. The Hall–Kier alpha value is -4.97. The van der Waals surface area contributed by atoms with Crippen LogP contribution in [0, 0.1) is 25.7 Å². The maximum atomic E-state index is 12.6. The number of rotatable bonds is 9. The van der Waals surface area contributed by atoms with Gasteiger partial charge in [0.05, 0.1) is 39.1 Å². The third kappa shape index (κ3) is 6.90. The van der Waals surface area contributed by atoms with Crippen LogP contribution in [-0.4, -0.2) is 36.3 Å². The number of nitrogens with two attached hydrogens (primary N) is 2. The van der Waals surface area contributed by atoms with Gasteiger partial charge in [0.2, 0.25) is 0 Å². The maximum Gasteiger partial charge on any atom is 0.250 e. The summed E-state index contributed by atoms with van der Waals surface area (Å²) in [5, 5.41) is 29.2. The Kier molecular flexibility index (Phi) is 9.21. The van der Waals surface area contributed by atoms with E-state index in [0.717, 1.165) is 89.1 Å². The molecule has 9 rings (SSSR count). The van der Waals surface area contributed by atoms with Crippen molar-refractivity contribution in [2.45, 2.75) is 91.5 Å². The van der Waals surface area contributed by atoms with Crippen LogP contribution in [0.3, 0.4) is 0 Å². The Morgan fingerprint density at radius 2 is 1.20 bits per heavy atom. The molecule has 0 bridgehead atoms. The lowest BCUT2D eigenvalue weighted by Gasteiger charge is -2.18. The molecule has 2 saturated carbocycles. The predicted octanol–water partition coefficient (Wildman–Crippen LogP) is 9.10. The Morgan fingerprint density at radius 3 is 1.61 bits per heavy atom. The second-order valence-electron chi connectivity index (χ2n) is 16.9. The molecule has 3 aromatic heterocycles. The zero-order chi connectivity index (χ0) is 40.0. The molecular formula is C45H48BrN5O5. The molecule has 2 aliphatic rings. The van der Waals surface area contributed by atoms with Crippen molar-refractivity contribution >= 4 is 71.4 Å². The van der Waals surface area contributed by atoms with Gasteiger partial charge in [-0.05, 0) is 132 Å². The van der Waals surface area contributed by atoms with E-state index in [4.69, 9.17) is 16.0 Å². The van der Waals surface area contributed by atoms with E-state index in [1.807, 2.05) is 62.4 Å². The topological polar surface area (TPSA) is 163 Å². The highest BCUT2D eigenvalue weighted by Crippen LogP contribution is 2.42. The van der Waals surface area contributed by atoms with Crippen LogP contribution in [0.25, 0.3) is 54.7 Å². The van der Waals surface area contributed by atoms with E-state index >= 15 is 0 Å². The predicted molar refractivity (Wildman–Crippen MR) is 225 cm³/mol. The smallest absolute Gasteiger partial charge is 0.250 e. The van der Waals surface area contributed by atoms with Crippen LogP contribution < -0.4 is 11.5 Å². The lowest BCUT2D eigenvalue weighted by molar-refractivity contribution is 0.0781. The van der Waals surface area contributed by atoms with E-state index in [0.29, 0.717) is 28.7 Å². The number of halogens is 1. The molecule has 2 amide bonds. The molecule has 7 aromatic rings. The summed E-state index contributed by atoms with van der Waals surface area (Å²) >= 11 is 3.50. The Morgan fingerprint density at radius 1 is 0.732 bits per heavy atom. The summed E-state index contributed by atoms with van der Waals surface area (Å²) in [7, 11) is 0. The zero-order valence-corrected chi connectivity index (χ0v) is 34.3. The molecule has 6 N–H and O–H groups in total. The van der Waals surface area contributed by atoms with E-state index in [2.05, 4.69) is 36.3 Å². The Balaban J connectivity index is 0.000000161. The van der Waals surface area contributed by atoms with Crippen LogP contribution in [0.1, 0.15) is 96.7 Å². The number of fused-ring (bicyclic) bond motifs is 6. The molecule has 10 nitrogen and oxygen atoms in total. The van der Waals surface area contributed by atoms with Crippen molar-refractivity contribution in [3.63, 3.8) is 0 Å². The minimum atomic E-state index is -0.955. The molecule has 0 radical (unpaired) electrons. The molecule has 0 spiro atoms. The minimum Gasteiger partial charge on any atom is -0.386 e. The van der Waals surface area contributed by atoms with Crippen LogP contribution in [0.4, 0.5) is 0 Å². The average molecular weight is 819 g/mol. The van der Waals surface area contributed by atoms with Crippen molar-refractivity contribution in [2.75, 3.05) is 0 Å². The number of benzene rings is 4. The van der Waals surface area contributed by atoms with Crippen molar-refractivity contribution in [2.24, 2.45) is 23.3 Å². The van der Waals surface area contributed by atoms with Gasteiger partial charge in [-0.2, -0.15) is 0 Å². The average Bonchev–Trinajstić information content (AvgIpc) is 4.05. The molecule has 0 aliphatic heterocycles. The van der Waals surface area contributed by atoms with Gasteiger partial charge in [0.15, 0.2) is 0 Å². The van der Waals surface area contributed by atoms with E-state index in [-0.39, 0.29) is 0 Å². The van der Waals surface area contributed by atoms with Crippen molar-refractivity contribution in [1.29, 1.82) is 0 Å². The summed E-state index contributed by atoms with van der Waals surface area (Å²) in [4.78, 5) is 24.7. The highest BCUT2D eigenvalue weighted by molar-refractivity contribution is 9.10. The highest BCUT2D eigenvalue weighted by Gasteiger charge is 2.29. The number of nitrogens with zero attached hydrogens (tertiary/aromatic N) is 3. The molecule has 0 saturated heterocycles. The summed E-state index contributed by atoms with van der Waals surface area (Å²) in [6, 6.07) is 19.8. The highest BCUT2D eigenvalue weighted by atomic mass is 79.9. The van der Waals surface area contributed by atoms with Crippen LogP contribution in [-0.2, 0) is 24.3 Å². The number of hydrogen-bond acceptors (Lipinski definition) is 6. The number of carbonyl (C=O) groups excluding carboxylic acids is 2. The zero-order valence-electron chi connectivity index (χ0n) is 32.7. The van der Waals surface area contributed by atoms with Crippen molar-refractivity contribution in [3.8, 4) is 11.1 Å². The number of aliphatic hydroxyl groups is 2. The molecule has 290 valence electrons. The molecular weight excluding hydrogens is 770 g/mol. The first-order valence-electron chi connectivity index (χ1n) is 19.2. The standard InChI is InChI=1S/C25H27N3O3.C20H21BrN2O2/c1-13-22(14(2)31-27-13)16-9-19-18-8-7-17(25(3,4)30)11-21(18)28(12-15-5-6-15)23(19)20(10-16)24(26)29;1-20(2,25)12-5-6-14-15-8-13(21)9-16(19(22)24)18(15)23(17(14)7-12)10-11-3-4-11/h7-11,15,30H,5-6,12H2,1-4H3,(H2,26,29);5-9,11,25H,3-4,10H2,1-2H3,(H2,22,24). The molecule has 11 heteroatoms. The Labute approximate surface area is 333 Å².